The van der Waals surface area contributed by atoms with Crippen LogP contribution in [0.5, 0.6) is 0 Å². The Hall–Kier alpha value is -1.35. The van der Waals surface area contributed by atoms with Crippen molar-refractivity contribution in [1.82, 2.24) is 5.32 Å². The van der Waals surface area contributed by atoms with Gasteiger partial charge in [-0.2, -0.15) is 0 Å². The van der Waals surface area contributed by atoms with Crippen molar-refractivity contribution < 1.29 is 9.90 Å². The van der Waals surface area contributed by atoms with E-state index in [0.717, 1.165) is 25.1 Å². The van der Waals surface area contributed by atoms with Gasteiger partial charge in [0.1, 0.15) is 0 Å². The number of rotatable bonds is 3. The smallest absolute Gasteiger partial charge is 0.335 e. The van der Waals surface area contributed by atoms with Crippen molar-refractivity contribution in [2.45, 2.75) is 19.3 Å². The molecule has 0 spiro atoms. The highest BCUT2D eigenvalue weighted by Gasteiger charge is 2.16. The van der Waals surface area contributed by atoms with E-state index in [1.807, 2.05) is 12.1 Å². The molecule has 2 N–H and O–H groups in total. The van der Waals surface area contributed by atoms with Gasteiger partial charge in [-0.05, 0) is 49.9 Å². The summed E-state index contributed by atoms with van der Waals surface area (Å²) in [7, 11) is 0. The highest BCUT2D eigenvalue weighted by molar-refractivity contribution is 5.89. The van der Waals surface area contributed by atoms with Crippen LogP contribution in [-0.4, -0.2) is 24.2 Å². The largest absolute Gasteiger partial charge is 0.478 e. The van der Waals surface area contributed by atoms with Crippen molar-refractivity contribution in [3.63, 3.8) is 0 Å². The lowest BCUT2D eigenvalue weighted by molar-refractivity contribution is 0.0695. The number of carboxylic acid groups (broad SMARTS) is 1. The molecule has 0 aliphatic carbocycles. The minimum Gasteiger partial charge on any atom is -0.478 e. The Bertz CT molecular complexity index is 370. The van der Waals surface area contributed by atoms with E-state index in [1.165, 1.54) is 12.8 Å². The molecular formula is C13H17NO2. The first kappa shape index (κ1) is 11.1. The van der Waals surface area contributed by atoms with Crippen LogP contribution in [0.3, 0.4) is 0 Å². The first-order valence-electron chi connectivity index (χ1n) is 5.79. The van der Waals surface area contributed by atoms with Gasteiger partial charge in [0, 0.05) is 0 Å². The van der Waals surface area contributed by atoms with Gasteiger partial charge in [0.05, 0.1) is 5.56 Å². The van der Waals surface area contributed by atoms with E-state index in [0.29, 0.717) is 11.5 Å². The topological polar surface area (TPSA) is 49.3 Å². The Labute approximate surface area is 95.5 Å². The number of benzene rings is 1. The number of piperidine rings is 1. The van der Waals surface area contributed by atoms with Crippen LogP contribution >= 0.6 is 0 Å². The second-order valence-corrected chi connectivity index (χ2v) is 4.38. The zero-order valence-corrected chi connectivity index (χ0v) is 9.28. The van der Waals surface area contributed by atoms with Crippen LogP contribution in [0.2, 0.25) is 0 Å². The molecule has 1 saturated heterocycles. The van der Waals surface area contributed by atoms with Crippen molar-refractivity contribution in [2.75, 3.05) is 13.1 Å². The molecule has 0 aromatic heterocycles. The van der Waals surface area contributed by atoms with Gasteiger partial charge in [-0.1, -0.05) is 18.2 Å². The molecule has 2 rings (SSSR count). The Balaban J connectivity index is 2.10. The Morgan fingerprint density at radius 2 is 2.25 bits per heavy atom. The second-order valence-electron chi connectivity index (χ2n) is 4.38. The van der Waals surface area contributed by atoms with Gasteiger partial charge in [0.2, 0.25) is 0 Å². The molecule has 1 fully saturated rings. The molecule has 1 aromatic carbocycles. The summed E-state index contributed by atoms with van der Waals surface area (Å²) < 4.78 is 0. The highest BCUT2D eigenvalue weighted by Crippen LogP contribution is 2.19. The fourth-order valence-corrected chi connectivity index (χ4v) is 2.32. The molecular weight excluding hydrogens is 202 g/mol. The summed E-state index contributed by atoms with van der Waals surface area (Å²) >= 11 is 0. The van der Waals surface area contributed by atoms with E-state index in [9.17, 15) is 4.79 Å². The highest BCUT2D eigenvalue weighted by atomic mass is 16.4. The third-order valence-corrected chi connectivity index (χ3v) is 3.16. The standard InChI is InChI=1S/C13H17NO2/c15-13(16)12-6-2-1-5-11(12)8-10-4-3-7-14-9-10/h1-2,5-6,10,14H,3-4,7-9H2,(H,15,16). The molecule has 1 heterocycles. The lowest BCUT2D eigenvalue weighted by Gasteiger charge is -2.23. The van der Waals surface area contributed by atoms with Gasteiger partial charge in [0.15, 0.2) is 0 Å². The Morgan fingerprint density at radius 3 is 2.94 bits per heavy atom. The van der Waals surface area contributed by atoms with Crippen LogP contribution in [0, 0.1) is 5.92 Å². The summed E-state index contributed by atoms with van der Waals surface area (Å²) in [4.78, 5) is 11.0. The van der Waals surface area contributed by atoms with Crippen molar-refractivity contribution in [3.8, 4) is 0 Å². The van der Waals surface area contributed by atoms with E-state index >= 15 is 0 Å². The molecule has 86 valence electrons. The Morgan fingerprint density at radius 1 is 1.44 bits per heavy atom. The van der Waals surface area contributed by atoms with Crippen LogP contribution < -0.4 is 5.32 Å². The fraction of sp³-hybridized carbons (Fsp3) is 0.462. The van der Waals surface area contributed by atoms with Crippen molar-refractivity contribution >= 4 is 5.97 Å². The van der Waals surface area contributed by atoms with Gasteiger partial charge >= 0.3 is 5.97 Å². The van der Waals surface area contributed by atoms with E-state index in [1.54, 1.807) is 12.1 Å². The quantitative estimate of drug-likeness (QED) is 0.816. The molecule has 1 unspecified atom stereocenters. The van der Waals surface area contributed by atoms with Gasteiger partial charge < -0.3 is 10.4 Å². The van der Waals surface area contributed by atoms with Crippen molar-refractivity contribution in [2.24, 2.45) is 5.92 Å². The summed E-state index contributed by atoms with van der Waals surface area (Å²) in [5.41, 5.74) is 1.41. The van der Waals surface area contributed by atoms with Crippen LogP contribution in [-0.2, 0) is 6.42 Å². The number of nitrogens with one attached hydrogen (secondary N) is 1. The number of aromatic carboxylic acids is 1. The normalized spacial score (nSPS) is 20.6. The molecule has 0 saturated carbocycles. The Kier molecular flexibility index (Phi) is 3.57. The second kappa shape index (κ2) is 5.12. The molecule has 3 heteroatoms. The summed E-state index contributed by atoms with van der Waals surface area (Å²) in [6.07, 6.45) is 3.26. The zero-order valence-electron chi connectivity index (χ0n) is 9.28. The molecule has 1 aliphatic rings. The molecule has 1 atom stereocenters. The van der Waals surface area contributed by atoms with Crippen LogP contribution in [0.4, 0.5) is 0 Å². The van der Waals surface area contributed by atoms with Crippen molar-refractivity contribution in [3.05, 3.63) is 35.4 Å². The monoisotopic (exact) mass is 219 g/mol. The number of carbonyl (C=O) groups is 1. The molecule has 1 aromatic rings. The summed E-state index contributed by atoms with van der Waals surface area (Å²) in [6.45, 7) is 2.10. The maximum Gasteiger partial charge on any atom is 0.335 e. The summed E-state index contributed by atoms with van der Waals surface area (Å²) in [5.74, 6) is -0.242. The minimum atomic E-state index is -0.820. The van der Waals surface area contributed by atoms with E-state index in [2.05, 4.69) is 5.32 Å². The average Bonchev–Trinajstić information content (AvgIpc) is 2.31. The maximum atomic E-state index is 11.0. The van der Waals surface area contributed by atoms with Gasteiger partial charge in [-0.3, -0.25) is 0 Å². The minimum absolute atomic E-state index is 0.452. The third-order valence-electron chi connectivity index (χ3n) is 3.16. The first-order chi connectivity index (χ1) is 7.77. The van der Waals surface area contributed by atoms with E-state index in [4.69, 9.17) is 5.11 Å². The summed E-state index contributed by atoms with van der Waals surface area (Å²) in [5, 5.41) is 12.4. The predicted octanol–water partition coefficient (Wildman–Crippen LogP) is 1.93. The van der Waals surface area contributed by atoms with Gasteiger partial charge in [0.25, 0.3) is 0 Å². The number of carboxylic acids is 1. The van der Waals surface area contributed by atoms with Gasteiger partial charge in [-0.25, -0.2) is 4.79 Å². The predicted molar refractivity (Wildman–Crippen MR) is 62.7 cm³/mol. The van der Waals surface area contributed by atoms with E-state index in [-0.39, 0.29) is 0 Å². The van der Waals surface area contributed by atoms with Gasteiger partial charge in [-0.15, -0.1) is 0 Å². The van der Waals surface area contributed by atoms with Crippen LogP contribution in [0.25, 0.3) is 0 Å². The molecule has 1 aliphatic heterocycles. The number of hydrogen-bond acceptors (Lipinski definition) is 2. The third kappa shape index (κ3) is 2.61. The van der Waals surface area contributed by atoms with Crippen LogP contribution in [0.15, 0.2) is 24.3 Å². The molecule has 0 amide bonds. The molecule has 0 radical (unpaired) electrons. The first-order valence-corrected chi connectivity index (χ1v) is 5.79. The molecule has 16 heavy (non-hydrogen) atoms. The van der Waals surface area contributed by atoms with Crippen LogP contribution in [0.1, 0.15) is 28.8 Å². The maximum absolute atomic E-state index is 11.0. The zero-order chi connectivity index (χ0) is 11.4. The van der Waals surface area contributed by atoms with E-state index < -0.39 is 5.97 Å². The molecule has 3 nitrogen and oxygen atoms in total. The fourth-order valence-electron chi connectivity index (χ4n) is 2.32. The van der Waals surface area contributed by atoms with Crippen molar-refractivity contribution in [1.29, 1.82) is 0 Å². The summed E-state index contributed by atoms with van der Waals surface area (Å²) in [6, 6.07) is 7.32. The average molecular weight is 219 g/mol. The lowest BCUT2D eigenvalue weighted by Crippen LogP contribution is -2.31. The SMILES string of the molecule is O=C(O)c1ccccc1CC1CCCNC1. The lowest BCUT2D eigenvalue weighted by atomic mass is 9.90. The molecule has 0 bridgehead atoms. The number of hydrogen-bond donors (Lipinski definition) is 2.